The van der Waals surface area contributed by atoms with Gasteiger partial charge in [-0.05, 0) is 28.5 Å². The third kappa shape index (κ3) is 3.39. The summed E-state index contributed by atoms with van der Waals surface area (Å²) in [5.41, 5.74) is -0.312. The largest absolute Gasteiger partial charge is 0.481 e. The molecule has 0 aliphatic carbocycles. The van der Waals surface area contributed by atoms with E-state index in [1.165, 1.54) is 10.7 Å². The van der Waals surface area contributed by atoms with Crippen molar-refractivity contribution in [3.05, 3.63) is 29.8 Å². The Labute approximate surface area is 119 Å². The molecule has 0 fully saturated rings. The van der Waals surface area contributed by atoms with Crippen LogP contribution in [0.25, 0.3) is 11.4 Å². The molecule has 1 unspecified atom stereocenters. The zero-order chi connectivity index (χ0) is 15.4. The van der Waals surface area contributed by atoms with Crippen molar-refractivity contribution in [2.75, 3.05) is 0 Å². The van der Waals surface area contributed by atoms with Gasteiger partial charge < -0.3 is 5.11 Å². The van der Waals surface area contributed by atoms with E-state index in [4.69, 9.17) is 5.11 Å². The molecule has 2 aromatic rings. The summed E-state index contributed by atoms with van der Waals surface area (Å²) in [5.74, 6) is -2.74. The predicted molar refractivity (Wildman–Crippen MR) is 69.2 cm³/mol. The molecule has 0 spiro atoms. The van der Waals surface area contributed by atoms with Crippen molar-refractivity contribution in [3.8, 4) is 11.4 Å². The number of nitrogens with zero attached hydrogens (tertiary/aromatic N) is 4. The first-order valence-corrected chi connectivity index (χ1v) is 6.45. The summed E-state index contributed by atoms with van der Waals surface area (Å²) in [5, 5.41) is 19.6. The first-order valence-electron chi connectivity index (χ1n) is 6.45. The van der Waals surface area contributed by atoms with Gasteiger partial charge in [0.25, 0.3) is 0 Å². The third-order valence-corrected chi connectivity index (χ3v) is 3.19. The smallest absolute Gasteiger partial charge is 0.303 e. The van der Waals surface area contributed by atoms with Crippen molar-refractivity contribution < 1.29 is 18.7 Å². The van der Waals surface area contributed by atoms with Gasteiger partial charge in [-0.15, -0.1) is 5.10 Å². The number of aliphatic carboxylic acids is 1. The lowest BCUT2D eigenvalue weighted by molar-refractivity contribution is -0.138. The second kappa shape index (κ2) is 6.38. The highest BCUT2D eigenvalue weighted by Crippen LogP contribution is 2.24. The molecule has 8 heteroatoms. The first kappa shape index (κ1) is 15.0. The van der Waals surface area contributed by atoms with Crippen LogP contribution in [0.15, 0.2) is 18.2 Å². The maximum atomic E-state index is 13.8. The molecular weight excluding hydrogens is 282 g/mol. The fourth-order valence-electron chi connectivity index (χ4n) is 2.05. The number of tetrazole rings is 1. The van der Waals surface area contributed by atoms with E-state index < -0.39 is 17.6 Å². The van der Waals surface area contributed by atoms with Crippen LogP contribution >= 0.6 is 0 Å². The van der Waals surface area contributed by atoms with Gasteiger partial charge in [-0.2, -0.15) is 0 Å². The molecule has 21 heavy (non-hydrogen) atoms. The highest BCUT2D eigenvalue weighted by atomic mass is 19.1. The molecule has 1 atom stereocenters. The molecule has 0 radical (unpaired) electrons. The van der Waals surface area contributed by atoms with Gasteiger partial charge in [-0.3, -0.25) is 4.79 Å². The standard InChI is InChI=1S/C13H14F2N4O2/c1-2-8(6-11(20)21)7-19-13(16-17-18-19)12-9(14)4-3-5-10(12)15/h3-5,8H,2,6-7H2,1H3,(H,20,21). The lowest BCUT2D eigenvalue weighted by Crippen LogP contribution is -2.16. The third-order valence-electron chi connectivity index (χ3n) is 3.19. The highest BCUT2D eigenvalue weighted by molar-refractivity contribution is 5.67. The average molecular weight is 296 g/mol. The molecule has 112 valence electrons. The average Bonchev–Trinajstić information content (AvgIpc) is 2.85. The molecule has 1 aromatic carbocycles. The lowest BCUT2D eigenvalue weighted by Gasteiger charge is -2.13. The van der Waals surface area contributed by atoms with E-state index in [-0.39, 0.29) is 30.3 Å². The van der Waals surface area contributed by atoms with E-state index in [0.29, 0.717) is 6.42 Å². The maximum Gasteiger partial charge on any atom is 0.303 e. The fraction of sp³-hybridized carbons (Fsp3) is 0.385. The van der Waals surface area contributed by atoms with Crippen LogP contribution in [0.5, 0.6) is 0 Å². The molecule has 0 aliphatic heterocycles. The Morgan fingerprint density at radius 1 is 1.38 bits per heavy atom. The molecule has 0 saturated heterocycles. The van der Waals surface area contributed by atoms with Crippen molar-refractivity contribution in [2.24, 2.45) is 5.92 Å². The second-order valence-electron chi connectivity index (χ2n) is 4.65. The number of hydrogen-bond donors (Lipinski definition) is 1. The van der Waals surface area contributed by atoms with E-state index in [1.54, 1.807) is 0 Å². The molecular formula is C13H14F2N4O2. The molecule has 0 aliphatic rings. The summed E-state index contributed by atoms with van der Waals surface area (Å²) >= 11 is 0. The Bertz CT molecular complexity index is 625. The van der Waals surface area contributed by atoms with Gasteiger partial charge in [-0.25, -0.2) is 13.5 Å². The number of benzene rings is 1. The van der Waals surface area contributed by atoms with Crippen molar-refractivity contribution in [1.29, 1.82) is 0 Å². The van der Waals surface area contributed by atoms with Gasteiger partial charge in [0.05, 0.1) is 5.56 Å². The Balaban J connectivity index is 2.32. The fourth-order valence-corrected chi connectivity index (χ4v) is 2.05. The van der Waals surface area contributed by atoms with Crippen LogP contribution in [0.4, 0.5) is 8.78 Å². The normalized spacial score (nSPS) is 12.3. The summed E-state index contributed by atoms with van der Waals surface area (Å²) in [6.07, 6.45) is 0.529. The first-order chi connectivity index (χ1) is 10.0. The summed E-state index contributed by atoms with van der Waals surface area (Å²) in [7, 11) is 0. The van der Waals surface area contributed by atoms with Crippen LogP contribution in [0, 0.1) is 17.6 Å². The predicted octanol–water partition coefficient (Wildman–Crippen LogP) is 2.12. The highest BCUT2D eigenvalue weighted by Gasteiger charge is 2.20. The number of carboxylic acid groups (broad SMARTS) is 1. The number of carboxylic acids is 1. The topological polar surface area (TPSA) is 80.9 Å². The minimum atomic E-state index is -0.937. The number of rotatable bonds is 6. The SMILES string of the molecule is CCC(CC(=O)O)Cn1nnnc1-c1c(F)cccc1F. The van der Waals surface area contributed by atoms with Gasteiger partial charge >= 0.3 is 5.97 Å². The molecule has 1 N–H and O–H groups in total. The zero-order valence-corrected chi connectivity index (χ0v) is 11.3. The van der Waals surface area contributed by atoms with Crippen LogP contribution in [-0.4, -0.2) is 31.3 Å². The molecule has 2 rings (SSSR count). The lowest BCUT2D eigenvalue weighted by atomic mass is 10.0. The Hall–Kier alpha value is -2.38. The zero-order valence-electron chi connectivity index (χ0n) is 11.3. The summed E-state index contributed by atoms with van der Waals surface area (Å²) < 4.78 is 28.8. The van der Waals surface area contributed by atoms with Crippen molar-refractivity contribution >= 4 is 5.97 Å². The Morgan fingerprint density at radius 2 is 2.05 bits per heavy atom. The van der Waals surface area contributed by atoms with E-state index in [0.717, 1.165) is 12.1 Å². The van der Waals surface area contributed by atoms with Crippen molar-refractivity contribution in [3.63, 3.8) is 0 Å². The van der Waals surface area contributed by atoms with Gasteiger partial charge in [0.1, 0.15) is 11.6 Å². The van der Waals surface area contributed by atoms with E-state index in [1.807, 2.05) is 6.92 Å². The van der Waals surface area contributed by atoms with Gasteiger partial charge in [0.2, 0.25) is 0 Å². The van der Waals surface area contributed by atoms with Gasteiger partial charge in [0.15, 0.2) is 5.82 Å². The van der Waals surface area contributed by atoms with E-state index >= 15 is 0 Å². The van der Waals surface area contributed by atoms with E-state index in [9.17, 15) is 13.6 Å². The van der Waals surface area contributed by atoms with E-state index in [2.05, 4.69) is 15.5 Å². The number of aromatic nitrogens is 4. The summed E-state index contributed by atoms with van der Waals surface area (Å²) in [4.78, 5) is 10.8. The van der Waals surface area contributed by atoms with Crippen molar-refractivity contribution in [1.82, 2.24) is 20.2 Å². The van der Waals surface area contributed by atoms with Crippen LogP contribution < -0.4 is 0 Å². The van der Waals surface area contributed by atoms with Crippen LogP contribution in [0.1, 0.15) is 19.8 Å². The van der Waals surface area contributed by atoms with Crippen LogP contribution in [0.3, 0.4) is 0 Å². The molecule has 6 nitrogen and oxygen atoms in total. The number of carbonyl (C=O) groups is 1. The summed E-state index contributed by atoms with van der Waals surface area (Å²) in [6.45, 7) is 2.01. The minimum absolute atomic E-state index is 0.0468. The number of hydrogen-bond acceptors (Lipinski definition) is 4. The molecule has 0 bridgehead atoms. The van der Waals surface area contributed by atoms with Crippen LogP contribution in [-0.2, 0) is 11.3 Å². The molecule has 0 amide bonds. The molecule has 1 aromatic heterocycles. The Kier molecular flexibility index (Phi) is 4.56. The van der Waals surface area contributed by atoms with Gasteiger partial charge in [0, 0.05) is 13.0 Å². The quantitative estimate of drug-likeness (QED) is 0.883. The molecule has 0 saturated carbocycles. The number of halogens is 2. The minimum Gasteiger partial charge on any atom is -0.481 e. The van der Waals surface area contributed by atoms with Gasteiger partial charge in [-0.1, -0.05) is 19.4 Å². The summed E-state index contributed by atoms with van der Waals surface area (Å²) in [6, 6.07) is 3.49. The van der Waals surface area contributed by atoms with Crippen LogP contribution in [0.2, 0.25) is 0 Å². The monoisotopic (exact) mass is 296 g/mol. The van der Waals surface area contributed by atoms with Crippen molar-refractivity contribution in [2.45, 2.75) is 26.3 Å². The molecule has 1 heterocycles. The Morgan fingerprint density at radius 3 is 2.62 bits per heavy atom. The second-order valence-corrected chi connectivity index (χ2v) is 4.65. The maximum absolute atomic E-state index is 13.8.